The summed E-state index contributed by atoms with van der Waals surface area (Å²) in [4.78, 5) is 10.0. The van der Waals surface area contributed by atoms with Gasteiger partial charge < -0.3 is 5.32 Å². The fourth-order valence-corrected chi connectivity index (χ4v) is 4.30. The van der Waals surface area contributed by atoms with Crippen LogP contribution in [0.5, 0.6) is 0 Å². The first-order valence-electron chi connectivity index (χ1n) is 6.45. The lowest BCUT2D eigenvalue weighted by atomic mass is 10.1. The van der Waals surface area contributed by atoms with Gasteiger partial charge in [-0.25, -0.2) is 8.42 Å². The number of hydrogen-bond acceptors (Lipinski definition) is 5. The molecule has 0 saturated carbocycles. The van der Waals surface area contributed by atoms with Crippen LogP contribution in [0.2, 0.25) is 5.02 Å². The van der Waals surface area contributed by atoms with E-state index in [1.54, 1.807) is 7.05 Å². The van der Waals surface area contributed by atoms with Gasteiger partial charge in [0, 0.05) is 24.2 Å². The number of nitrogens with zero attached hydrogens (tertiary/aromatic N) is 2. The van der Waals surface area contributed by atoms with Crippen molar-refractivity contribution in [2.75, 3.05) is 26.7 Å². The highest BCUT2D eigenvalue weighted by molar-refractivity contribution is 7.89. The van der Waals surface area contributed by atoms with Gasteiger partial charge in [-0.3, -0.25) is 10.1 Å². The molecular weight excluding hydrogens is 318 g/mol. The van der Waals surface area contributed by atoms with Gasteiger partial charge in [0.1, 0.15) is 0 Å². The monoisotopic (exact) mass is 333 g/mol. The number of nitrogens with one attached hydrogen (secondary N) is 1. The van der Waals surface area contributed by atoms with Crippen molar-refractivity contribution in [1.29, 1.82) is 0 Å². The first-order valence-corrected chi connectivity index (χ1v) is 8.26. The maximum absolute atomic E-state index is 12.6. The topological polar surface area (TPSA) is 92.6 Å². The Morgan fingerprint density at radius 3 is 2.86 bits per heavy atom. The molecule has 1 fully saturated rings. The van der Waals surface area contributed by atoms with E-state index in [9.17, 15) is 18.5 Å². The summed E-state index contributed by atoms with van der Waals surface area (Å²) in [7, 11) is -2.07. The molecule has 1 aliphatic heterocycles. The highest BCUT2D eigenvalue weighted by Gasteiger charge is 2.36. The van der Waals surface area contributed by atoms with Crippen molar-refractivity contribution in [2.45, 2.75) is 11.3 Å². The number of nitro benzene ring substituents is 1. The number of rotatable bonds is 5. The maximum atomic E-state index is 12.6. The highest BCUT2D eigenvalue weighted by atomic mass is 35.5. The molecule has 1 aromatic carbocycles. The summed E-state index contributed by atoms with van der Waals surface area (Å²) in [5.41, 5.74) is -0.487. The van der Waals surface area contributed by atoms with E-state index in [1.807, 2.05) is 0 Å². The fraction of sp³-hybridized carbons (Fsp3) is 0.500. The van der Waals surface area contributed by atoms with Crippen LogP contribution >= 0.6 is 11.6 Å². The second kappa shape index (κ2) is 6.27. The predicted octanol–water partition coefficient (Wildman–Crippen LogP) is 1.48. The molecule has 0 radical (unpaired) electrons. The Kier molecular flexibility index (Phi) is 4.82. The van der Waals surface area contributed by atoms with Crippen LogP contribution in [0.25, 0.3) is 0 Å². The molecule has 0 spiro atoms. The summed E-state index contributed by atoms with van der Waals surface area (Å²) >= 11 is 5.71. The van der Waals surface area contributed by atoms with Crippen molar-refractivity contribution in [3.8, 4) is 0 Å². The quantitative estimate of drug-likeness (QED) is 0.650. The number of hydrogen-bond donors (Lipinski definition) is 1. The zero-order chi connectivity index (χ0) is 15.6. The molecule has 2 rings (SSSR count). The van der Waals surface area contributed by atoms with E-state index in [1.165, 1.54) is 16.4 Å². The molecule has 1 atom stereocenters. The van der Waals surface area contributed by atoms with E-state index in [0.29, 0.717) is 19.6 Å². The van der Waals surface area contributed by atoms with E-state index in [-0.39, 0.29) is 15.8 Å². The van der Waals surface area contributed by atoms with Crippen molar-refractivity contribution >= 4 is 27.3 Å². The van der Waals surface area contributed by atoms with Gasteiger partial charge in [-0.2, -0.15) is 4.31 Å². The van der Waals surface area contributed by atoms with Crippen LogP contribution in [0, 0.1) is 16.0 Å². The van der Waals surface area contributed by atoms with Gasteiger partial charge in [-0.15, -0.1) is 0 Å². The summed E-state index contributed by atoms with van der Waals surface area (Å²) in [6.07, 6.45) is 0.738. The van der Waals surface area contributed by atoms with Gasteiger partial charge in [0.15, 0.2) is 4.90 Å². The minimum Gasteiger partial charge on any atom is -0.319 e. The maximum Gasteiger partial charge on any atom is 0.290 e. The van der Waals surface area contributed by atoms with Gasteiger partial charge in [-0.1, -0.05) is 11.6 Å². The lowest BCUT2D eigenvalue weighted by Crippen LogP contribution is -2.30. The van der Waals surface area contributed by atoms with Crippen LogP contribution in [0.15, 0.2) is 23.1 Å². The van der Waals surface area contributed by atoms with Crippen molar-refractivity contribution in [3.05, 3.63) is 33.3 Å². The molecule has 21 heavy (non-hydrogen) atoms. The Morgan fingerprint density at radius 2 is 2.24 bits per heavy atom. The van der Waals surface area contributed by atoms with E-state index >= 15 is 0 Å². The van der Waals surface area contributed by atoms with Gasteiger partial charge in [0.05, 0.1) is 4.92 Å². The molecule has 116 valence electrons. The summed E-state index contributed by atoms with van der Waals surface area (Å²) in [5.74, 6) is 0.219. The van der Waals surface area contributed by atoms with Crippen LogP contribution in [0.4, 0.5) is 5.69 Å². The van der Waals surface area contributed by atoms with Crippen molar-refractivity contribution < 1.29 is 13.3 Å². The van der Waals surface area contributed by atoms with Crippen LogP contribution in [0.1, 0.15) is 6.42 Å². The molecule has 1 saturated heterocycles. The molecule has 0 aliphatic carbocycles. The van der Waals surface area contributed by atoms with E-state index in [0.717, 1.165) is 12.5 Å². The Hall–Kier alpha value is -1.22. The molecule has 1 aromatic rings. The molecule has 9 heteroatoms. The highest BCUT2D eigenvalue weighted by Crippen LogP contribution is 2.31. The zero-order valence-electron chi connectivity index (χ0n) is 11.5. The Balaban J connectivity index is 2.35. The number of nitro groups is 1. The number of halogens is 1. The SMILES string of the molecule is CNCC1CCN(S(=O)(=O)c2ccc(Cl)cc2[N+](=O)[O-])C1. The standard InChI is InChI=1S/C12H16ClN3O4S/c1-14-7-9-4-5-15(8-9)21(19,20)12-3-2-10(13)6-11(12)16(17)18/h2-3,6,9,14H,4-5,7-8H2,1H3. The molecule has 0 bridgehead atoms. The van der Waals surface area contributed by atoms with Crippen LogP contribution < -0.4 is 5.32 Å². The fourth-order valence-electron chi connectivity index (χ4n) is 2.46. The lowest BCUT2D eigenvalue weighted by Gasteiger charge is -2.16. The van der Waals surface area contributed by atoms with Crippen LogP contribution in [0.3, 0.4) is 0 Å². The van der Waals surface area contributed by atoms with Crippen molar-refractivity contribution in [1.82, 2.24) is 9.62 Å². The van der Waals surface area contributed by atoms with Crippen molar-refractivity contribution in [2.24, 2.45) is 5.92 Å². The largest absolute Gasteiger partial charge is 0.319 e. The molecule has 0 aromatic heterocycles. The Morgan fingerprint density at radius 1 is 1.52 bits per heavy atom. The molecule has 1 aliphatic rings. The summed E-state index contributed by atoms with van der Waals surface area (Å²) in [6.45, 7) is 1.45. The molecule has 7 nitrogen and oxygen atoms in total. The number of sulfonamides is 1. The summed E-state index contributed by atoms with van der Waals surface area (Å²) in [6, 6.07) is 3.61. The third kappa shape index (κ3) is 3.34. The third-order valence-corrected chi connectivity index (χ3v) is 5.62. The van der Waals surface area contributed by atoms with Gasteiger partial charge in [0.2, 0.25) is 10.0 Å². The second-order valence-corrected chi connectivity index (χ2v) is 7.29. The zero-order valence-corrected chi connectivity index (χ0v) is 13.0. The van der Waals surface area contributed by atoms with Crippen LogP contribution in [-0.2, 0) is 10.0 Å². The Bertz CT molecular complexity index is 650. The van der Waals surface area contributed by atoms with E-state index in [2.05, 4.69) is 5.32 Å². The minimum atomic E-state index is -3.88. The average Bonchev–Trinajstić information content (AvgIpc) is 2.88. The predicted molar refractivity (Wildman–Crippen MR) is 78.9 cm³/mol. The first kappa shape index (κ1) is 16.2. The van der Waals surface area contributed by atoms with Gasteiger partial charge in [-0.05, 0) is 38.1 Å². The minimum absolute atomic E-state index is 0.134. The molecule has 0 amide bonds. The van der Waals surface area contributed by atoms with Gasteiger partial charge in [0.25, 0.3) is 5.69 Å². The third-order valence-electron chi connectivity index (χ3n) is 3.48. The van der Waals surface area contributed by atoms with Gasteiger partial charge >= 0.3 is 0 Å². The average molecular weight is 334 g/mol. The number of benzene rings is 1. The smallest absolute Gasteiger partial charge is 0.290 e. The van der Waals surface area contributed by atoms with Crippen molar-refractivity contribution in [3.63, 3.8) is 0 Å². The lowest BCUT2D eigenvalue weighted by molar-refractivity contribution is -0.387. The van der Waals surface area contributed by atoms with Crippen LogP contribution in [-0.4, -0.2) is 44.3 Å². The van der Waals surface area contributed by atoms with E-state index < -0.39 is 20.6 Å². The second-order valence-electron chi connectivity index (χ2n) is 4.94. The molecule has 1 heterocycles. The molecule has 1 N–H and O–H groups in total. The summed E-state index contributed by atoms with van der Waals surface area (Å²) < 4.78 is 26.5. The summed E-state index contributed by atoms with van der Waals surface area (Å²) in [5, 5.41) is 14.2. The first-order chi connectivity index (χ1) is 9.86. The molecule has 1 unspecified atom stereocenters. The molecular formula is C12H16ClN3O4S. The Labute approximate surface area is 128 Å². The van der Waals surface area contributed by atoms with E-state index in [4.69, 9.17) is 11.6 Å². The normalized spacial score (nSPS) is 19.8.